The number of hydrazine groups is 1. The van der Waals surface area contributed by atoms with Crippen molar-refractivity contribution in [3.63, 3.8) is 0 Å². The number of hydrogen-bond acceptors (Lipinski definition) is 4. The molecule has 9 rings (SSSR count). The van der Waals surface area contributed by atoms with Crippen LogP contribution in [0.5, 0.6) is 0 Å². The molecule has 5 aliphatic rings. The molecule has 1 fully saturated rings. The summed E-state index contributed by atoms with van der Waals surface area (Å²) in [6, 6.07) is 30.3. The Morgan fingerprint density at radius 1 is 0.632 bits per heavy atom. The topological polar surface area (TPSA) is 86.7 Å². The predicted octanol–water partition coefficient (Wildman–Crippen LogP) is 3.83. The van der Waals surface area contributed by atoms with Crippen LogP contribution >= 0.6 is 0 Å². The summed E-state index contributed by atoms with van der Waals surface area (Å²) in [7, 11) is 0. The van der Waals surface area contributed by atoms with Crippen molar-refractivity contribution in [1.82, 2.24) is 10.4 Å². The van der Waals surface area contributed by atoms with E-state index in [1.165, 1.54) is 0 Å². The van der Waals surface area contributed by atoms with E-state index in [0.717, 1.165) is 38.4 Å². The highest BCUT2D eigenvalue weighted by Gasteiger charge is 2.62. The molecule has 1 aliphatic heterocycles. The molecule has 4 aliphatic carbocycles. The molecule has 0 aromatic heterocycles. The molecule has 184 valence electrons. The van der Waals surface area contributed by atoms with Crippen LogP contribution in [0.3, 0.4) is 0 Å². The summed E-state index contributed by atoms with van der Waals surface area (Å²) < 4.78 is 0. The molecule has 4 aromatic rings. The summed E-state index contributed by atoms with van der Waals surface area (Å²) in [4.78, 5) is 41.7. The zero-order valence-electron chi connectivity index (χ0n) is 20.2. The second-order valence-corrected chi connectivity index (χ2v) is 10.5. The Kier molecular flexibility index (Phi) is 4.12. The van der Waals surface area contributed by atoms with Crippen molar-refractivity contribution in [3.8, 4) is 11.1 Å². The van der Waals surface area contributed by atoms with E-state index in [1.54, 1.807) is 24.3 Å². The van der Waals surface area contributed by atoms with Gasteiger partial charge in [-0.1, -0.05) is 97.1 Å². The van der Waals surface area contributed by atoms with Crippen molar-refractivity contribution >= 4 is 17.7 Å². The Hall–Kier alpha value is -4.55. The third kappa shape index (κ3) is 2.43. The van der Waals surface area contributed by atoms with Crippen LogP contribution in [-0.2, 0) is 20.0 Å². The van der Waals surface area contributed by atoms with Gasteiger partial charge in [0.1, 0.15) is 0 Å². The summed E-state index contributed by atoms with van der Waals surface area (Å²) in [5.74, 6) is -3.46. The molecule has 4 aromatic carbocycles. The lowest BCUT2D eigenvalue weighted by atomic mass is 9.55. The summed E-state index contributed by atoms with van der Waals surface area (Å²) in [6.07, 6.45) is 0. The number of nitrogens with zero attached hydrogens (tertiary/aromatic N) is 1. The van der Waals surface area contributed by atoms with Crippen LogP contribution in [0.2, 0.25) is 0 Å². The molecule has 2 N–H and O–H groups in total. The molecule has 2 bridgehead atoms. The first-order valence-electron chi connectivity index (χ1n) is 12.8. The van der Waals surface area contributed by atoms with Crippen LogP contribution < -0.4 is 5.43 Å². The normalized spacial score (nSPS) is 24.8. The second-order valence-electron chi connectivity index (χ2n) is 10.5. The monoisotopic (exact) mass is 498 g/mol. The maximum Gasteiger partial charge on any atom is 0.280 e. The fourth-order valence-corrected chi connectivity index (χ4v) is 7.43. The summed E-state index contributed by atoms with van der Waals surface area (Å²) in [6.45, 7) is 0. The first-order chi connectivity index (χ1) is 18.5. The average Bonchev–Trinajstić information content (AvgIpc) is 3.38. The quantitative estimate of drug-likeness (QED) is 0.412. The number of carbonyl (C=O) groups is 3. The van der Waals surface area contributed by atoms with Crippen LogP contribution in [0.25, 0.3) is 11.1 Å². The van der Waals surface area contributed by atoms with E-state index >= 15 is 0 Å². The fraction of sp³-hybridized carbons (Fsp3) is 0.156. The van der Waals surface area contributed by atoms with E-state index in [2.05, 4.69) is 5.43 Å². The van der Waals surface area contributed by atoms with Gasteiger partial charge in [-0.25, -0.2) is 0 Å². The first-order valence-corrected chi connectivity index (χ1v) is 12.8. The highest BCUT2D eigenvalue weighted by atomic mass is 16.3. The van der Waals surface area contributed by atoms with E-state index in [0.29, 0.717) is 11.1 Å². The molecule has 3 amide bonds. The largest absolute Gasteiger partial charge is 0.372 e. The third-order valence-corrected chi connectivity index (χ3v) is 8.91. The van der Waals surface area contributed by atoms with Gasteiger partial charge in [0, 0.05) is 23.0 Å². The van der Waals surface area contributed by atoms with Crippen LogP contribution in [0.1, 0.15) is 45.2 Å². The number of aliphatic hydroxyl groups is 1. The number of amides is 3. The Labute approximate surface area is 218 Å². The molecule has 1 heterocycles. The van der Waals surface area contributed by atoms with Crippen molar-refractivity contribution in [2.75, 3.05) is 0 Å². The van der Waals surface area contributed by atoms with Crippen LogP contribution in [0, 0.1) is 11.8 Å². The average molecular weight is 499 g/mol. The zero-order valence-corrected chi connectivity index (χ0v) is 20.2. The SMILES string of the molecule is O=C1[C@@H]2C3c4ccccc4C(c4ccccc43)[C@@H]2C(=O)N1NC(=O)C1(O)c2ccccc2-c2ccccc21. The van der Waals surface area contributed by atoms with Gasteiger partial charge in [0.25, 0.3) is 17.7 Å². The third-order valence-electron chi connectivity index (χ3n) is 8.91. The number of nitrogens with one attached hydrogen (secondary N) is 1. The van der Waals surface area contributed by atoms with E-state index in [4.69, 9.17) is 0 Å². The lowest BCUT2D eigenvalue weighted by Crippen LogP contribution is -2.54. The number of rotatable bonds is 2. The molecule has 38 heavy (non-hydrogen) atoms. The van der Waals surface area contributed by atoms with E-state index in [1.807, 2.05) is 72.8 Å². The van der Waals surface area contributed by atoms with Crippen molar-refractivity contribution in [3.05, 3.63) is 130 Å². The van der Waals surface area contributed by atoms with Crippen LogP contribution in [-0.4, -0.2) is 27.8 Å². The van der Waals surface area contributed by atoms with Gasteiger partial charge >= 0.3 is 0 Å². The summed E-state index contributed by atoms with van der Waals surface area (Å²) >= 11 is 0. The lowest BCUT2D eigenvalue weighted by molar-refractivity contribution is -0.154. The summed E-state index contributed by atoms with van der Waals surface area (Å²) in [5.41, 5.74) is 7.12. The molecule has 0 unspecified atom stereocenters. The molecular weight excluding hydrogens is 476 g/mol. The van der Waals surface area contributed by atoms with Gasteiger partial charge in [-0.15, -0.1) is 0 Å². The Morgan fingerprint density at radius 3 is 1.42 bits per heavy atom. The Morgan fingerprint density at radius 2 is 1.00 bits per heavy atom. The minimum absolute atomic E-state index is 0.272. The Bertz CT molecular complexity index is 1570. The van der Waals surface area contributed by atoms with E-state index in [9.17, 15) is 19.5 Å². The minimum Gasteiger partial charge on any atom is -0.372 e. The van der Waals surface area contributed by atoms with Crippen LogP contribution in [0.4, 0.5) is 0 Å². The van der Waals surface area contributed by atoms with Gasteiger partial charge in [0.15, 0.2) is 5.60 Å². The maximum absolute atomic E-state index is 13.9. The molecule has 0 spiro atoms. The van der Waals surface area contributed by atoms with Gasteiger partial charge in [0.05, 0.1) is 11.8 Å². The number of benzene rings is 4. The second kappa shape index (κ2) is 7.27. The zero-order chi connectivity index (χ0) is 25.8. The smallest absolute Gasteiger partial charge is 0.280 e. The lowest BCUT2D eigenvalue weighted by Gasteiger charge is -2.45. The summed E-state index contributed by atoms with van der Waals surface area (Å²) in [5, 5.41) is 12.8. The number of carbonyl (C=O) groups excluding carboxylic acids is 3. The van der Waals surface area contributed by atoms with Crippen molar-refractivity contribution < 1.29 is 19.5 Å². The highest BCUT2D eigenvalue weighted by Crippen LogP contribution is 2.60. The minimum atomic E-state index is -2.04. The van der Waals surface area contributed by atoms with Gasteiger partial charge in [-0.2, -0.15) is 5.01 Å². The number of fused-ring (bicyclic) bond motifs is 3. The molecule has 0 saturated carbocycles. The van der Waals surface area contributed by atoms with Crippen molar-refractivity contribution in [1.29, 1.82) is 0 Å². The molecular formula is C32H22N2O4. The van der Waals surface area contributed by atoms with Crippen molar-refractivity contribution in [2.45, 2.75) is 17.4 Å². The maximum atomic E-state index is 13.9. The fourth-order valence-electron chi connectivity index (χ4n) is 7.43. The molecule has 6 nitrogen and oxygen atoms in total. The molecule has 0 radical (unpaired) electrons. The van der Waals surface area contributed by atoms with E-state index < -0.39 is 35.2 Å². The standard InChI is InChI=1S/C32H22N2O4/c35-29-27-25-19-11-1-2-12-20(19)26(22-14-4-3-13-21(22)25)28(27)30(36)34(29)33-31(37)32(38)23-15-7-5-9-17(23)18-10-6-8-16-24(18)32/h1-16,25-28,38H,(H,33,37)/t25?,26?,27-,28+. The number of hydrogen-bond donors (Lipinski definition) is 2. The van der Waals surface area contributed by atoms with Gasteiger partial charge < -0.3 is 5.11 Å². The van der Waals surface area contributed by atoms with Crippen molar-refractivity contribution in [2.24, 2.45) is 11.8 Å². The van der Waals surface area contributed by atoms with Gasteiger partial charge in [-0.05, 0) is 33.4 Å². The highest BCUT2D eigenvalue weighted by molar-refractivity contribution is 6.10. The number of imide groups is 1. The molecule has 1 saturated heterocycles. The van der Waals surface area contributed by atoms with Gasteiger partial charge in [-0.3, -0.25) is 19.8 Å². The van der Waals surface area contributed by atoms with E-state index in [-0.39, 0.29) is 11.8 Å². The molecule has 2 atom stereocenters. The Balaban J connectivity index is 1.21. The van der Waals surface area contributed by atoms with Gasteiger partial charge in [0.2, 0.25) is 0 Å². The predicted molar refractivity (Wildman–Crippen MR) is 138 cm³/mol. The van der Waals surface area contributed by atoms with Crippen LogP contribution in [0.15, 0.2) is 97.1 Å². The first kappa shape index (κ1) is 21.5. The molecule has 6 heteroatoms.